The van der Waals surface area contributed by atoms with Crippen LogP contribution in [0.15, 0.2) is 18.2 Å². The Kier molecular flexibility index (Phi) is 8.67. The molecule has 1 aromatic carbocycles. The number of hydrogen-bond acceptors (Lipinski definition) is 3. The van der Waals surface area contributed by atoms with Gasteiger partial charge in [0.2, 0.25) is 5.91 Å². The van der Waals surface area contributed by atoms with Crippen molar-refractivity contribution in [2.45, 2.75) is 26.7 Å². The first-order valence-corrected chi connectivity index (χ1v) is 9.38. The van der Waals surface area contributed by atoms with Crippen molar-refractivity contribution in [1.29, 1.82) is 0 Å². The fraction of sp³-hybridized carbons (Fsp3) is 0.556. The third-order valence-corrected chi connectivity index (χ3v) is 5.86. The molecule has 2 amide bonds. The zero-order chi connectivity index (χ0) is 18.6. The molecule has 2 N–H and O–H groups in total. The summed E-state index contributed by atoms with van der Waals surface area (Å²) in [5.41, 5.74) is 5.70. The van der Waals surface area contributed by atoms with Crippen LogP contribution >= 0.6 is 35.6 Å². The minimum Gasteiger partial charge on any atom is -0.339 e. The number of piperazine rings is 1. The first kappa shape index (κ1) is 23.0. The molecule has 0 aromatic heterocycles. The van der Waals surface area contributed by atoms with Crippen molar-refractivity contribution < 1.29 is 9.59 Å². The van der Waals surface area contributed by atoms with E-state index in [-0.39, 0.29) is 24.2 Å². The van der Waals surface area contributed by atoms with E-state index < -0.39 is 5.41 Å². The lowest BCUT2D eigenvalue weighted by Crippen LogP contribution is -2.55. The van der Waals surface area contributed by atoms with Gasteiger partial charge in [-0.25, -0.2) is 0 Å². The molecule has 0 radical (unpaired) electrons. The second-order valence-corrected chi connectivity index (χ2v) is 7.19. The molecule has 8 heteroatoms. The Balaban J connectivity index is 0.00000338. The molecule has 1 aliphatic heterocycles. The van der Waals surface area contributed by atoms with Gasteiger partial charge >= 0.3 is 0 Å². The van der Waals surface area contributed by atoms with Crippen molar-refractivity contribution in [3.63, 3.8) is 0 Å². The molecule has 1 heterocycles. The summed E-state index contributed by atoms with van der Waals surface area (Å²) in [7, 11) is 0. The Morgan fingerprint density at radius 3 is 1.92 bits per heavy atom. The van der Waals surface area contributed by atoms with Gasteiger partial charge in [-0.15, -0.1) is 12.4 Å². The topological polar surface area (TPSA) is 66.6 Å². The minimum absolute atomic E-state index is 0. The molecule has 1 aliphatic rings. The van der Waals surface area contributed by atoms with Gasteiger partial charge in [-0.3, -0.25) is 9.59 Å². The SMILES string of the molecule is CCC(CC)(CN)C(=O)N1CCN(C(=O)c2c(Cl)cccc2Cl)CC1.Cl. The summed E-state index contributed by atoms with van der Waals surface area (Å²) < 4.78 is 0. The van der Waals surface area contributed by atoms with Crippen molar-refractivity contribution >= 4 is 47.4 Å². The molecule has 1 aromatic rings. The van der Waals surface area contributed by atoms with Crippen LogP contribution in [0, 0.1) is 5.41 Å². The Bertz CT molecular complexity index is 614. The van der Waals surface area contributed by atoms with E-state index >= 15 is 0 Å². The number of carbonyl (C=O) groups is 2. The molecule has 0 spiro atoms. The molecule has 2 rings (SSSR count). The maximum Gasteiger partial charge on any atom is 0.257 e. The summed E-state index contributed by atoms with van der Waals surface area (Å²) in [6.45, 7) is 6.23. The number of rotatable bonds is 5. The summed E-state index contributed by atoms with van der Waals surface area (Å²) in [4.78, 5) is 29.1. The number of nitrogens with zero attached hydrogens (tertiary/aromatic N) is 2. The summed E-state index contributed by atoms with van der Waals surface area (Å²) in [6, 6.07) is 5.01. The van der Waals surface area contributed by atoms with E-state index in [2.05, 4.69) is 0 Å². The van der Waals surface area contributed by atoms with Crippen LogP contribution in [0.1, 0.15) is 37.0 Å². The van der Waals surface area contributed by atoms with Gasteiger partial charge in [-0.1, -0.05) is 43.1 Å². The van der Waals surface area contributed by atoms with E-state index in [0.29, 0.717) is 61.2 Å². The third kappa shape index (κ3) is 4.45. The van der Waals surface area contributed by atoms with E-state index in [9.17, 15) is 9.59 Å². The average Bonchev–Trinajstić information content (AvgIpc) is 2.63. The molecular formula is C18H26Cl3N3O2. The fourth-order valence-corrected chi connectivity index (χ4v) is 3.80. The quantitative estimate of drug-likeness (QED) is 0.790. The van der Waals surface area contributed by atoms with Crippen LogP contribution in [-0.2, 0) is 4.79 Å². The normalized spacial score (nSPS) is 14.8. The predicted molar refractivity (Wildman–Crippen MR) is 108 cm³/mol. The van der Waals surface area contributed by atoms with Crippen LogP contribution in [0.25, 0.3) is 0 Å². The third-order valence-electron chi connectivity index (χ3n) is 5.23. The van der Waals surface area contributed by atoms with Gasteiger partial charge < -0.3 is 15.5 Å². The average molecular weight is 423 g/mol. The lowest BCUT2D eigenvalue weighted by Gasteiger charge is -2.40. The summed E-state index contributed by atoms with van der Waals surface area (Å²) >= 11 is 12.3. The smallest absolute Gasteiger partial charge is 0.257 e. The first-order valence-electron chi connectivity index (χ1n) is 8.63. The second kappa shape index (κ2) is 9.79. The molecule has 0 atom stereocenters. The molecular weight excluding hydrogens is 397 g/mol. The highest BCUT2D eigenvalue weighted by atomic mass is 35.5. The second-order valence-electron chi connectivity index (χ2n) is 6.37. The molecule has 1 saturated heterocycles. The molecule has 1 fully saturated rings. The lowest BCUT2D eigenvalue weighted by molar-refractivity contribution is -0.143. The Morgan fingerprint density at radius 1 is 1.04 bits per heavy atom. The van der Waals surface area contributed by atoms with Gasteiger partial charge in [0.05, 0.1) is 21.0 Å². The minimum atomic E-state index is -0.502. The number of nitrogens with two attached hydrogens (primary N) is 1. The van der Waals surface area contributed by atoms with Gasteiger partial charge in [0.1, 0.15) is 0 Å². The Morgan fingerprint density at radius 2 is 1.50 bits per heavy atom. The molecule has 0 unspecified atom stereocenters. The lowest BCUT2D eigenvalue weighted by atomic mass is 9.81. The highest BCUT2D eigenvalue weighted by Crippen LogP contribution is 2.29. The summed E-state index contributed by atoms with van der Waals surface area (Å²) in [5.74, 6) is -0.110. The monoisotopic (exact) mass is 421 g/mol. The molecule has 146 valence electrons. The number of amides is 2. The van der Waals surface area contributed by atoms with Gasteiger partial charge in [0, 0.05) is 32.7 Å². The maximum absolute atomic E-state index is 12.9. The van der Waals surface area contributed by atoms with Gasteiger partial charge in [-0.2, -0.15) is 0 Å². The van der Waals surface area contributed by atoms with Gasteiger partial charge in [0.25, 0.3) is 5.91 Å². The molecule has 0 aliphatic carbocycles. The van der Waals surface area contributed by atoms with Crippen LogP contribution in [-0.4, -0.2) is 54.3 Å². The van der Waals surface area contributed by atoms with E-state index in [1.54, 1.807) is 23.1 Å². The van der Waals surface area contributed by atoms with E-state index in [1.165, 1.54) is 0 Å². The van der Waals surface area contributed by atoms with Crippen LogP contribution in [0.5, 0.6) is 0 Å². The summed E-state index contributed by atoms with van der Waals surface area (Å²) in [6.07, 6.45) is 1.43. The Hall–Kier alpha value is -1.01. The van der Waals surface area contributed by atoms with E-state index in [4.69, 9.17) is 28.9 Å². The Labute approximate surface area is 171 Å². The number of carbonyl (C=O) groups excluding carboxylic acids is 2. The zero-order valence-electron chi connectivity index (χ0n) is 15.1. The van der Waals surface area contributed by atoms with Gasteiger partial charge in [-0.05, 0) is 25.0 Å². The molecule has 0 saturated carbocycles. The standard InChI is InChI=1S/C18H25Cl2N3O2.ClH/c1-3-18(4-2,12-21)17(25)23-10-8-22(9-11-23)16(24)15-13(19)6-5-7-14(15)20;/h5-7H,3-4,8-12,21H2,1-2H3;1H. The first-order chi connectivity index (χ1) is 11.9. The van der Waals surface area contributed by atoms with Crippen LogP contribution in [0.3, 0.4) is 0 Å². The van der Waals surface area contributed by atoms with Crippen LogP contribution in [0.2, 0.25) is 10.0 Å². The largest absolute Gasteiger partial charge is 0.339 e. The number of benzene rings is 1. The number of halogens is 3. The van der Waals surface area contributed by atoms with Crippen molar-refractivity contribution in [2.24, 2.45) is 11.1 Å². The highest BCUT2D eigenvalue weighted by Gasteiger charge is 2.38. The number of hydrogen-bond donors (Lipinski definition) is 1. The molecule has 0 bridgehead atoms. The summed E-state index contributed by atoms with van der Waals surface area (Å²) in [5, 5.41) is 0.685. The van der Waals surface area contributed by atoms with E-state index in [1.807, 2.05) is 18.7 Å². The van der Waals surface area contributed by atoms with Crippen molar-refractivity contribution in [3.8, 4) is 0 Å². The van der Waals surface area contributed by atoms with Crippen LogP contribution in [0.4, 0.5) is 0 Å². The maximum atomic E-state index is 12.9. The fourth-order valence-electron chi connectivity index (χ4n) is 3.24. The predicted octanol–water partition coefficient (Wildman–Crippen LogP) is 3.46. The van der Waals surface area contributed by atoms with Crippen molar-refractivity contribution in [2.75, 3.05) is 32.7 Å². The van der Waals surface area contributed by atoms with E-state index in [0.717, 1.165) is 0 Å². The molecule has 5 nitrogen and oxygen atoms in total. The molecule has 26 heavy (non-hydrogen) atoms. The van der Waals surface area contributed by atoms with Crippen LogP contribution < -0.4 is 5.73 Å². The van der Waals surface area contributed by atoms with Crippen molar-refractivity contribution in [3.05, 3.63) is 33.8 Å². The van der Waals surface area contributed by atoms with Gasteiger partial charge in [0.15, 0.2) is 0 Å². The zero-order valence-corrected chi connectivity index (χ0v) is 17.5. The highest BCUT2D eigenvalue weighted by molar-refractivity contribution is 6.39. The van der Waals surface area contributed by atoms with Crippen molar-refractivity contribution in [1.82, 2.24) is 9.80 Å².